The average Bonchev–Trinajstić information content (AvgIpc) is 3.11. The van der Waals surface area contributed by atoms with Gasteiger partial charge in [-0.3, -0.25) is 5.32 Å². The van der Waals surface area contributed by atoms with Crippen LogP contribution in [0.2, 0.25) is 5.02 Å². The Morgan fingerprint density at radius 3 is 2.39 bits per heavy atom. The van der Waals surface area contributed by atoms with Crippen molar-refractivity contribution >= 4 is 11.6 Å². The summed E-state index contributed by atoms with van der Waals surface area (Å²) in [5.41, 5.74) is 1.13. The lowest BCUT2D eigenvalue weighted by atomic mass is 9.90. The van der Waals surface area contributed by atoms with Gasteiger partial charge in [0.25, 0.3) is 0 Å². The number of nitrogens with one attached hydrogen (secondary N) is 1. The van der Waals surface area contributed by atoms with Crippen molar-refractivity contribution in [3.05, 3.63) is 64.2 Å². The van der Waals surface area contributed by atoms with E-state index >= 15 is 0 Å². The minimum atomic E-state index is -4.44. The number of hydrogen-bond acceptors (Lipinski definition) is 4. The van der Waals surface area contributed by atoms with E-state index in [2.05, 4.69) is 5.32 Å². The van der Waals surface area contributed by atoms with Crippen molar-refractivity contribution in [3.8, 4) is 17.9 Å². The molecule has 28 heavy (non-hydrogen) atoms. The maximum atomic E-state index is 13.5. The van der Waals surface area contributed by atoms with Gasteiger partial charge in [-0.05, 0) is 48.4 Å². The predicted molar refractivity (Wildman–Crippen MR) is 96.9 cm³/mol. The molecule has 0 bridgehead atoms. The highest BCUT2D eigenvalue weighted by molar-refractivity contribution is 6.31. The molecular formula is C20H15ClF3N3O. The smallest absolute Gasteiger partial charge is 0.404 e. The van der Waals surface area contributed by atoms with Crippen LogP contribution in [0.1, 0.15) is 29.0 Å². The Hall–Kier alpha value is -2.74. The monoisotopic (exact) mass is 405 g/mol. The molecule has 0 amide bonds. The molecule has 4 nitrogen and oxygen atoms in total. The highest BCUT2D eigenvalue weighted by atomic mass is 35.5. The van der Waals surface area contributed by atoms with Crippen LogP contribution in [0.4, 0.5) is 13.2 Å². The first kappa shape index (κ1) is 20.0. The van der Waals surface area contributed by atoms with E-state index in [0.29, 0.717) is 16.9 Å². The number of rotatable bonds is 4. The second kappa shape index (κ2) is 8.10. The topological polar surface area (TPSA) is 68.8 Å². The minimum absolute atomic E-state index is 0.0546. The van der Waals surface area contributed by atoms with Gasteiger partial charge in [0, 0.05) is 12.0 Å². The Kier molecular flexibility index (Phi) is 5.79. The Bertz CT molecular complexity index is 932. The van der Waals surface area contributed by atoms with Gasteiger partial charge in [-0.1, -0.05) is 17.7 Å². The fourth-order valence-corrected chi connectivity index (χ4v) is 3.55. The van der Waals surface area contributed by atoms with Crippen LogP contribution in [0.15, 0.2) is 42.5 Å². The second-order valence-corrected chi connectivity index (χ2v) is 6.93. The van der Waals surface area contributed by atoms with Gasteiger partial charge in [-0.2, -0.15) is 23.7 Å². The Morgan fingerprint density at radius 1 is 1.11 bits per heavy atom. The first-order chi connectivity index (χ1) is 13.3. The van der Waals surface area contributed by atoms with Crippen LogP contribution in [0.3, 0.4) is 0 Å². The summed E-state index contributed by atoms with van der Waals surface area (Å²) in [6.45, 7) is 0.0546. The largest absolute Gasteiger partial charge is 0.492 e. The lowest BCUT2D eigenvalue weighted by Crippen LogP contribution is -2.44. The van der Waals surface area contributed by atoms with Crippen molar-refractivity contribution in [3.63, 3.8) is 0 Å². The van der Waals surface area contributed by atoms with Crippen molar-refractivity contribution in [2.75, 3.05) is 6.61 Å². The number of nitrogens with zero attached hydrogens (tertiary/aromatic N) is 2. The number of hydrogen-bond donors (Lipinski definition) is 1. The van der Waals surface area contributed by atoms with E-state index in [9.17, 15) is 13.2 Å². The summed E-state index contributed by atoms with van der Waals surface area (Å²) in [6, 6.07) is 12.4. The Balaban J connectivity index is 1.74. The van der Waals surface area contributed by atoms with Crippen molar-refractivity contribution < 1.29 is 17.9 Å². The summed E-state index contributed by atoms with van der Waals surface area (Å²) in [7, 11) is 0. The normalized spacial score (nSPS) is 21.7. The molecule has 144 valence electrons. The SMILES string of the molecule is N#Cc1ccc(OC[C@@H]2CC(c3ccc(C#N)c(Cl)c3)[C@H](C(F)(F)F)N2)cc1. The van der Waals surface area contributed by atoms with Crippen LogP contribution < -0.4 is 10.1 Å². The summed E-state index contributed by atoms with van der Waals surface area (Å²) in [4.78, 5) is 0. The first-order valence-electron chi connectivity index (χ1n) is 8.47. The lowest BCUT2D eigenvalue weighted by Gasteiger charge is -2.23. The molecule has 0 aromatic heterocycles. The van der Waals surface area contributed by atoms with Crippen LogP contribution >= 0.6 is 11.6 Å². The third kappa shape index (κ3) is 4.39. The van der Waals surface area contributed by atoms with Crippen LogP contribution in [-0.2, 0) is 0 Å². The van der Waals surface area contributed by atoms with Crippen molar-refractivity contribution in [1.82, 2.24) is 5.32 Å². The fraction of sp³-hybridized carbons (Fsp3) is 0.300. The van der Waals surface area contributed by atoms with Gasteiger partial charge in [0.15, 0.2) is 0 Å². The molecule has 0 saturated carbocycles. The van der Waals surface area contributed by atoms with Gasteiger partial charge in [0.1, 0.15) is 24.5 Å². The van der Waals surface area contributed by atoms with Crippen molar-refractivity contribution in [2.45, 2.75) is 30.6 Å². The van der Waals surface area contributed by atoms with Crippen LogP contribution in [0.5, 0.6) is 5.75 Å². The van der Waals surface area contributed by atoms with Gasteiger partial charge in [0.2, 0.25) is 0 Å². The molecule has 0 spiro atoms. The maximum absolute atomic E-state index is 13.5. The average molecular weight is 406 g/mol. The van der Waals surface area contributed by atoms with E-state index < -0.39 is 24.2 Å². The van der Waals surface area contributed by atoms with Gasteiger partial charge in [-0.15, -0.1) is 0 Å². The maximum Gasteiger partial charge on any atom is 0.404 e. The summed E-state index contributed by atoms with van der Waals surface area (Å²) >= 11 is 6.00. The molecule has 1 fully saturated rings. The summed E-state index contributed by atoms with van der Waals surface area (Å²) in [5.74, 6) is -0.353. The van der Waals surface area contributed by atoms with E-state index in [1.165, 1.54) is 18.2 Å². The molecule has 8 heteroatoms. The number of halogens is 4. The minimum Gasteiger partial charge on any atom is -0.492 e. The third-order valence-corrected chi connectivity index (χ3v) is 5.00. The number of benzene rings is 2. The van der Waals surface area contributed by atoms with E-state index in [-0.39, 0.29) is 23.6 Å². The highest BCUT2D eigenvalue weighted by Gasteiger charge is 2.50. The van der Waals surface area contributed by atoms with Crippen LogP contribution in [-0.4, -0.2) is 24.9 Å². The van der Waals surface area contributed by atoms with E-state index in [4.69, 9.17) is 26.9 Å². The molecule has 1 aliphatic rings. The summed E-state index contributed by atoms with van der Waals surface area (Å²) < 4.78 is 46.2. The molecule has 1 saturated heterocycles. The zero-order valence-electron chi connectivity index (χ0n) is 14.5. The van der Waals surface area contributed by atoms with Crippen LogP contribution in [0.25, 0.3) is 0 Å². The zero-order chi connectivity index (χ0) is 20.3. The lowest BCUT2D eigenvalue weighted by molar-refractivity contribution is -0.156. The van der Waals surface area contributed by atoms with Gasteiger partial charge in [0.05, 0.1) is 22.2 Å². The molecule has 3 rings (SSSR count). The summed E-state index contributed by atoms with van der Waals surface area (Å²) in [6.07, 6.45) is -4.23. The molecule has 3 atom stereocenters. The van der Waals surface area contributed by atoms with Crippen molar-refractivity contribution in [1.29, 1.82) is 10.5 Å². The van der Waals surface area contributed by atoms with Crippen molar-refractivity contribution in [2.24, 2.45) is 0 Å². The number of alkyl halides is 3. The Labute approximate surface area is 165 Å². The first-order valence-corrected chi connectivity index (χ1v) is 8.85. The predicted octanol–water partition coefficient (Wildman–Crippen LogP) is 4.54. The van der Waals surface area contributed by atoms with Gasteiger partial charge < -0.3 is 4.74 Å². The quantitative estimate of drug-likeness (QED) is 0.810. The molecule has 0 aliphatic carbocycles. The molecule has 2 aromatic rings. The van der Waals surface area contributed by atoms with Crippen LogP contribution in [0, 0.1) is 22.7 Å². The standard InChI is InChI=1S/C20H15ClF3N3O/c21-18-7-13(3-4-14(18)10-26)17-8-15(27-19(17)20(22,23)24)11-28-16-5-1-12(9-25)2-6-16/h1-7,15,17,19,27H,8,11H2/t15-,17?,19+/m0/s1. The molecular weight excluding hydrogens is 391 g/mol. The van der Waals surface area contributed by atoms with Gasteiger partial charge in [-0.25, -0.2) is 0 Å². The Morgan fingerprint density at radius 2 is 1.82 bits per heavy atom. The summed E-state index contributed by atoms with van der Waals surface area (Å²) in [5, 5.41) is 20.5. The third-order valence-electron chi connectivity index (χ3n) is 4.69. The van der Waals surface area contributed by atoms with E-state index in [1.54, 1.807) is 24.3 Å². The molecule has 2 aromatic carbocycles. The zero-order valence-corrected chi connectivity index (χ0v) is 15.3. The molecule has 1 aliphatic heterocycles. The second-order valence-electron chi connectivity index (χ2n) is 6.52. The molecule has 0 radical (unpaired) electrons. The molecule has 1 unspecified atom stereocenters. The number of nitriles is 2. The fourth-order valence-electron chi connectivity index (χ4n) is 3.32. The van der Waals surface area contributed by atoms with Gasteiger partial charge >= 0.3 is 6.18 Å². The number of ether oxygens (including phenoxy) is 1. The van der Waals surface area contributed by atoms with E-state index in [0.717, 1.165) is 0 Å². The highest BCUT2D eigenvalue weighted by Crippen LogP contribution is 2.40. The molecule has 1 heterocycles. The van der Waals surface area contributed by atoms with E-state index in [1.807, 2.05) is 12.1 Å². The molecule has 1 N–H and O–H groups in total.